The second-order valence-corrected chi connectivity index (χ2v) is 7.02. The Morgan fingerprint density at radius 3 is 2.41 bits per heavy atom. The highest BCUT2D eigenvalue weighted by atomic mass is 19.4. The molecule has 0 radical (unpaired) electrons. The highest BCUT2D eigenvalue weighted by Crippen LogP contribution is 2.35. The second kappa shape index (κ2) is 10.7. The first-order chi connectivity index (χ1) is 15.4. The predicted molar refractivity (Wildman–Crippen MR) is 118 cm³/mol. The summed E-state index contributed by atoms with van der Waals surface area (Å²) in [4.78, 5) is 7.89. The summed E-state index contributed by atoms with van der Waals surface area (Å²) >= 11 is 0. The SMILES string of the molecule is CCCCCOc1cccc(Nc2nc(Nc3ccc(OC)cc3)ncc2C(F)(F)F)c1. The average Bonchev–Trinajstić information content (AvgIpc) is 2.77. The third kappa shape index (κ3) is 6.50. The number of aromatic nitrogens is 2. The lowest BCUT2D eigenvalue weighted by atomic mass is 10.2. The zero-order valence-corrected chi connectivity index (χ0v) is 17.9. The van der Waals surface area contributed by atoms with Gasteiger partial charge in [0.1, 0.15) is 22.9 Å². The number of alkyl halides is 3. The van der Waals surface area contributed by atoms with E-state index in [0.717, 1.165) is 25.5 Å². The number of halogens is 3. The third-order valence-electron chi connectivity index (χ3n) is 4.55. The van der Waals surface area contributed by atoms with Crippen molar-refractivity contribution in [1.82, 2.24) is 9.97 Å². The number of ether oxygens (including phenoxy) is 2. The largest absolute Gasteiger partial charge is 0.497 e. The summed E-state index contributed by atoms with van der Waals surface area (Å²) in [5.41, 5.74) is 0.0728. The monoisotopic (exact) mass is 446 g/mol. The standard InChI is InChI=1S/C23H25F3N4O2/c1-3-4-5-13-32-19-8-6-7-17(14-19)28-21-20(23(24,25)26)15-27-22(30-21)29-16-9-11-18(31-2)12-10-16/h6-12,14-15H,3-5,13H2,1-2H3,(H2,27,28,29,30). The van der Waals surface area contributed by atoms with E-state index in [1.807, 2.05) is 0 Å². The molecule has 0 amide bonds. The van der Waals surface area contributed by atoms with Crippen LogP contribution >= 0.6 is 0 Å². The minimum atomic E-state index is -4.62. The summed E-state index contributed by atoms with van der Waals surface area (Å²) in [6.07, 6.45) is -0.816. The molecular formula is C23H25F3N4O2. The van der Waals surface area contributed by atoms with Crippen LogP contribution in [0.25, 0.3) is 0 Å². The van der Waals surface area contributed by atoms with Crippen LogP contribution in [0, 0.1) is 0 Å². The van der Waals surface area contributed by atoms with E-state index in [9.17, 15) is 13.2 Å². The van der Waals surface area contributed by atoms with E-state index >= 15 is 0 Å². The Morgan fingerprint density at radius 2 is 1.72 bits per heavy atom. The van der Waals surface area contributed by atoms with E-state index < -0.39 is 11.7 Å². The van der Waals surface area contributed by atoms with Crippen LogP contribution in [-0.2, 0) is 6.18 Å². The fraction of sp³-hybridized carbons (Fsp3) is 0.304. The molecule has 9 heteroatoms. The third-order valence-corrected chi connectivity index (χ3v) is 4.55. The quantitative estimate of drug-likeness (QED) is 0.344. The van der Waals surface area contributed by atoms with E-state index in [1.54, 1.807) is 55.6 Å². The number of hydrogen-bond donors (Lipinski definition) is 2. The number of nitrogens with one attached hydrogen (secondary N) is 2. The topological polar surface area (TPSA) is 68.3 Å². The first kappa shape index (κ1) is 23.2. The van der Waals surface area contributed by atoms with Gasteiger partial charge in [0, 0.05) is 23.6 Å². The van der Waals surface area contributed by atoms with Crippen LogP contribution < -0.4 is 20.1 Å². The molecule has 0 fully saturated rings. The fourth-order valence-electron chi connectivity index (χ4n) is 2.89. The minimum absolute atomic E-state index is 0.0256. The van der Waals surface area contributed by atoms with E-state index in [-0.39, 0.29) is 11.8 Å². The Labute approximate surface area is 184 Å². The zero-order valence-electron chi connectivity index (χ0n) is 17.9. The van der Waals surface area contributed by atoms with E-state index in [2.05, 4.69) is 27.5 Å². The molecule has 3 aromatic rings. The summed E-state index contributed by atoms with van der Waals surface area (Å²) in [6.45, 7) is 2.65. The zero-order chi connectivity index (χ0) is 23.0. The van der Waals surface area contributed by atoms with Crippen LogP contribution in [0.15, 0.2) is 54.7 Å². The normalized spacial score (nSPS) is 11.2. The van der Waals surface area contributed by atoms with Crippen LogP contribution in [0.1, 0.15) is 31.7 Å². The van der Waals surface area contributed by atoms with Crippen molar-refractivity contribution in [3.8, 4) is 11.5 Å². The van der Waals surface area contributed by atoms with E-state index in [0.29, 0.717) is 29.5 Å². The van der Waals surface area contributed by atoms with Gasteiger partial charge in [0.15, 0.2) is 0 Å². The average molecular weight is 446 g/mol. The van der Waals surface area contributed by atoms with Gasteiger partial charge in [-0.3, -0.25) is 0 Å². The molecule has 2 N–H and O–H groups in total. The van der Waals surface area contributed by atoms with Crippen molar-refractivity contribution in [2.24, 2.45) is 0 Å². The number of unbranched alkanes of at least 4 members (excludes halogenated alkanes) is 2. The van der Waals surface area contributed by atoms with Gasteiger partial charge in [-0.15, -0.1) is 0 Å². The van der Waals surface area contributed by atoms with Crippen molar-refractivity contribution >= 4 is 23.1 Å². The molecular weight excluding hydrogens is 421 g/mol. The van der Waals surface area contributed by atoms with Crippen molar-refractivity contribution in [3.05, 3.63) is 60.3 Å². The summed E-state index contributed by atoms with van der Waals surface area (Å²) in [6, 6.07) is 13.6. The summed E-state index contributed by atoms with van der Waals surface area (Å²) in [5.74, 6) is 0.901. The van der Waals surface area contributed by atoms with Gasteiger partial charge < -0.3 is 20.1 Å². The fourth-order valence-corrected chi connectivity index (χ4v) is 2.89. The molecule has 32 heavy (non-hydrogen) atoms. The van der Waals surface area contributed by atoms with Crippen LogP contribution in [-0.4, -0.2) is 23.7 Å². The molecule has 0 aliphatic heterocycles. The highest BCUT2D eigenvalue weighted by molar-refractivity contribution is 5.64. The Kier molecular flexibility index (Phi) is 7.75. The maximum Gasteiger partial charge on any atom is 0.421 e. The van der Waals surface area contributed by atoms with Gasteiger partial charge in [-0.25, -0.2) is 4.98 Å². The van der Waals surface area contributed by atoms with Crippen LogP contribution in [0.3, 0.4) is 0 Å². The van der Waals surface area contributed by atoms with E-state index in [1.165, 1.54) is 0 Å². The highest BCUT2D eigenvalue weighted by Gasteiger charge is 2.35. The van der Waals surface area contributed by atoms with Crippen molar-refractivity contribution in [2.75, 3.05) is 24.4 Å². The van der Waals surface area contributed by atoms with Gasteiger partial charge in [-0.1, -0.05) is 25.8 Å². The summed E-state index contributed by atoms with van der Waals surface area (Å²) < 4.78 is 51.4. The maximum absolute atomic E-state index is 13.5. The summed E-state index contributed by atoms with van der Waals surface area (Å²) in [7, 11) is 1.55. The van der Waals surface area contributed by atoms with Crippen molar-refractivity contribution in [3.63, 3.8) is 0 Å². The number of anilines is 4. The molecule has 0 aliphatic carbocycles. The molecule has 0 saturated carbocycles. The molecule has 6 nitrogen and oxygen atoms in total. The molecule has 0 saturated heterocycles. The number of methoxy groups -OCH3 is 1. The Hall–Kier alpha value is -3.49. The molecule has 2 aromatic carbocycles. The van der Waals surface area contributed by atoms with Gasteiger partial charge in [0.05, 0.1) is 13.7 Å². The lowest BCUT2D eigenvalue weighted by molar-refractivity contribution is -0.137. The molecule has 170 valence electrons. The van der Waals surface area contributed by atoms with Crippen LogP contribution in [0.2, 0.25) is 0 Å². The number of nitrogens with zero attached hydrogens (tertiary/aromatic N) is 2. The summed E-state index contributed by atoms with van der Waals surface area (Å²) in [5, 5.41) is 5.66. The molecule has 0 aliphatic rings. The molecule has 3 rings (SSSR count). The first-order valence-corrected chi connectivity index (χ1v) is 10.2. The van der Waals surface area contributed by atoms with Gasteiger partial charge >= 0.3 is 6.18 Å². The molecule has 0 atom stereocenters. The van der Waals surface area contributed by atoms with Crippen molar-refractivity contribution in [1.29, 1.82) is 0 Å². The Morgan fingerprint density at radius 1 is 0.938 bits per heavy atom. The number of benzene rings is 2. The van der Waals surface area contributed by atoms with Gasteiger partial charge in [0.25, 0.3) is 0 Å². The second-order valence-electron chi connectivity index (χ2n) is 7.02. The Balaban J connectivity index is 1.81. The Bertz CT molecular complexity index is 1010. The first-order valence-electron chi connectivity index (χ1n) is 10.2. The van der Waals surface area contributed by atoms with E-state index in [4.69, 9.17) is 9.47 Å². The molecule has 1 heterocycles. The number of hydrogen-bond acceptors (Lipinski definition) is 6. The lowest BCUT2D eigenvalue weighted by Gasteiger charge is -2.15. The van der Waals surface area contributed by atoms with Crippen LogP contribution in [0.5, 0.6) is 11.5 Å². The van der Waals surface area contributed by atoms with Gasteiger partial charge in [0.2, 0.25) is 5.95 Å². The maximum atomic E-state index is 13.5. The molecule has 1 aromatic heterocycles. The van der Waals surface area contributed by atoms with Crippen molar-refractivity contribution < 1.29 is 22.6 Å². The van der Waals surface area contributed by atoms with Gasteiger partial charge in [-0.05, 0) is 42.8 Å². The predicted octanol–water partition coefficient (Wildman–Crippen LogP) is 6.56. The number of rotatable bonds is 10. The molecule has 0 spiro atoms. The minimum Gasteiger partial charge on any atom is -0.497 e. The van der Waals surface area contributed by atoms with Crippen molar-refractivity contribution in [2.45, 2.75) is 32.4 Å². The smallest absolute Gasteiger partial charge is 0.421 e. The molecule has 0 unspecified atom stereocenters. The molecule has 0 bridgehead atoms. The lowest BCUT2D eigenvalue weighted by Crippen LogP contribution is -2.12. The van der Waals surface area contributed by atoms with Crippen LogP contribution in [0.4, 0.5) is 36.3 Å². The van der Waals surface area contributed by atoms with Gasteiger partial charge in [-0.2, -0.15) is 18.2 Å².